The Morgan fingerprint density at radius 3 is 1.62 bits per heavy atom. The molecule has 1 aliphatic heterocycles. The lowest BCUT2D eigenvalue weighted by molar-refractivity contribution is -0.330. The summed E-state index contributed by atoms with van der Waals surface area (Å²) < 4.78 is 23.6. The van der Waals surface area contributed by atoms with Crippen LogP contribution in [0, 0.1) is 0 Å². The zero-order chi connectivity index (χ0) is 24.2. The third kappa shape index (κ3) is 4.41. The van der Waals surface area contributed by atoms with Crippen LogP contribution in [0.4, 0.5) is 0 Å². The molecule has 6 heteroatoms. The topological polar surface area (TPSA) is 77.4 Å². The highest BCUT2D eigenvalue weighted by atomic mass is 16.7. The van der Waals surface area contributed by atoms with E-state index in [0.29, 0.717) is 0 Å². The maximum absolute atomic E-state index is 11.3. The van der Waals surface area contributed by atoms with Crippen molar-refractivity contribution in [1.29, 1.82) is 0 Å². The molecule has 1 fully saturated rings. The Labute approximate surface area is 200 Å². The molecule has 3 aromatic carbocycles. The van der Waals surface area contributed by atoms with Crippen LogP contribution in [0.15, 0.2) is 91.0 Å². The Morgan fingerprint density at radius 2 is 1.24 bits per heavy atom. The SMILES string of the molecule is CO[C@H]1O[C@H](COC(c2ccccc2)(c2ccccc2)c2ccccc2)[C@](C)(O)[C@H](OC)[C@H]1O. The molecular weight excluding hydrogens is 432 g/mol. The predicted octanol–water partition coefficient (Wildman–Crippen LogP) is 3.49. The van der Waals surface area contributed by atoms with Gasteiger partial charge in [0, 0.05) is 14.2 Å². The second-order valence-corrected chi connectivity index (χ2v) is 8.69. The van der Waals surface area contributed by atoms with Gasteiger partial charge in [-0.05, 0) is 23.6 Å². The van der Waals surface area contributed by atoms with Crippen LogP contribution in [-0.4, -0.2) is 61.2 Å². The van der Waals surface area contributed by atoms with Crippen LogP contribution in [0.1, 0.15) is 23.6 Å². The lowest BCUT2D eigenvalue weighted by Gasteiger charge is -2.48. The maximum Gasteiger partial charge on any atom is 0.186 e. The van der Waals surface area contributed by atoms with Crippen LogP contribution >= 0.6 is 0 Å². The first-order valence-corrected chi connectivity index (χ1v) is 11.4. The van der Waals surface area contributed by atoms with Gasteiger partial charge in [-0.25, -0.2) is 0 Å². The molecule has 5 atom stereocenters. The minimum absolute atomic E-state index is 0.0120. The van der Waals surface area contributed by atoms with Gasteiger partial charge in [0.2, 0.25) is 0 Å². The molecule has 0 radical (unpaired) electrons. The second-order valence-electron chi connectivity index (χ2n) is 8.69. The molecule has 0 unspecified atom stereocenters. The van der Waals surface area contributed by atoms with Gasteiger partial charge in [0.25, 0.3) is 0 Å². The third-order valence-electron chi connectivity index (χ3n) is 6.59. The Kier molecular flexibility index (Phi) is 7.48. The average molecular weight is 465 g/mol. The van der Waals surface area contributed by atoms with Crippen molar-refractivity contribution in [3.05, 3.63) is 108 Å². The summed E-state index contributed by atoms with van der Waals surface area (Å²) in [5, 5.41) is 21.9. The highest BCUT2D eigenvalue weighted by Gasteiger charge is 2.54. The third-order valence-corrected chi connectivity index (χ3v) is 6.59. The van der Waals surface area contributed by atoms with E-state index in [-0.39, 0.29) is 6.61 Å². The van der Waals surface area contributed by atoms with Crippen molar-refractivity contribution in [2.24, 2.45) is 0 Å². The number of benzene rings is 3. The molecular formula is C28H32O6. The molecule has 1 heterocycles. The van der Waals surface area contributed by atoms with Gasteiger partial charge in [0.1, 0.15) is 29.5 Å². The summed E-state index contributed by atoms with van der Waals surface area (Å²) in [6.07, 6.45) is -3.86. The van der Waals surface area contributed by atoms with E-state index in [1.165, 1.54) is 14.2 Å². The van der Waals surface area contributed by atoms with E-state index in [4.69, 9.17) is 18.9 Å². The molecule has 180 valence electrons. The van der Waals surface area contributed by atoms with Gasteiger partial charge < -0.3 is 29.2 Å². The summed E-state index contributed by atoms with van der Waals surface area (Å²) in [4.78, 5) is 0. The predicted molar refractivity (Wildman–Crippen MR) is 128 cm³/mol. The lowest BCUT2D eigenvalue weighted by Crippen LogP contribution is -2.66. The lowest BCUT2D eigenvalue weighted by atomic mass is 9.79. The first kappa shape index (κ1) is 24.5. The maximum atomic E-state index is 11.3. The van der Waals surface area contributed by atoms with Gasteiger partial charge in [-0.3, -0.25) is 0 Å². The number of ether oxygens (including phenoxy) is 4. The molecule has 34 heavy (non-hydrogen) atoms. The van der Waals surface area contributed by atoms with Gasteiger partial charge in [0.05, 0.1) is 6.61 Å². The van der Waals surface area contributed by atoms with E-state index in [9.17, 15) is 10.2 Å². The Bertz CT molecular complexity index is 928. The van der Waals surface area contributed by atoms with E-state index in [1.54, 1.807) is 6.92 Å². The summed E-state index contributed by atoms with van der Waals surface area (Å²) in [7, 11) is 2.89. The van der Waals surface area contributed by atoms with Crippen molar-refractivity contribution in [2.75, 3.05) is 20.8 Å². The Balaban J connectivity index is 1.79. The zero-order valence-corrected chi connectivity index (χ0v) is 19.7. The van der Waals surface area contributed by atoms with Crippen LogP contribution in [-0.2, 0) is 24.5 Å². The number of aliphatic hydroxyl groups is 2. The van der Waals surface area contributed by atoms with Gasteiger partial charge in [-0.2, -0.15) is 0 Å². The molecule has 2 N–H and O–H groups in total. The van der Waals surface area contributed by atoms with Gasteiger partial charge in [-0.1, -0.05) is 91.0 Å². The standard InChI is InChI=1S/C28H32O6/c1-27(30)23(34-26(32-3)24(29)25(27)31-2)19-33-28(20-13-7-4-8-14-20,21-15-9-5-10-16-21)22-17-11-6-12-18-22/h4-18,23-26,29-30H,19H2,1-3H3/t23-,24-,25-,26+,27+/m1/s1. The Hall–Kier alpha value is -2.58. The fourth-order valence-electron chi connectivity index (χ4n) is 4.80. The fourth-order valence-corrected chi connectivity index (χ4v) is 4.80. The van der Waals surface area contributed by atoms with E-state index in [2.05, 4.69) is 0 Å². The summed E-state index contributed by atoms with van der Waals surface area (Å²) in [5.74, 6) is 0. The number of aliphatic hydroxyl groups excluding tert-OH is 1. The molecule has 6 nitrogen and oxygen atoms in total. The average Bonchev–Trinajstić information content (AvgIpc) is 2.87. The van der Waals surface area contributed by atoms with E-state index in [0.717, 1.165) is 16.7 Å². The van der Waals surface area contributed by atoms with Crippen molar-refractivity contribution in [1.82, 2.24) is 0 Å². The number of methoxy groups -OCH3 is 2. The first-order valence-electron chi connectivity index (χ1n) is 11.4. The van der Waals surface area contributed by atoms with Crippen molar-refractivity contribution < 1.29 is 29.2 Å². The van der Waals surface area contributed by atoms with Gasteiger partial charge in [0.15, 0.2) is 6.29 Å². The van der Waals surface area contributed by atoms with Crippen LogP contribution < -0.4 is 0 Å². The van der Waals surface area contributed by atoms with E-state index < -0.39 is 35.8 Å². The highest BCUT2D eigenvalue weighted by molar-refractivity contribution is 5.47. The molecule has 0 amide bonds. The zero-order valence-electron chi connectivity index (χ0n) is 19.7. The fraction of sp³-hybridized carbons (Fsp3) is 0.357. The van der Waals surface area contributed by atoms with Crippen molar-refractivity contribution in [3.8, 4) is 0 Å². The van der Waals surface area contributed by atoms with Crippen molar-refractivity contribution >= 4 is 0 Å². The molecule has 0 saturated carbocycles. The minimum Gasteiger partial charge on any atom is -0.385 e. The summed E-state index contributed by atoms with van der Waals surface area (Å²) in [5.41, 5.74) is 0.321. The van der Waals surface area contributed by atoms with Crippen molar-refractivity contribution in [2.45, 2.75) is 42.7 Å². The molecule has 0 aliphatic carbocycles. The van der Waals surface area contributed by atoms with Crippen LogP contribution in [0.2, 0.25) is 0 Å². The van der Waals surface area contributed by atoms with Gasteiger partial charge in [-0.15, -0.1) is 0 Å². The summed E-state index contributed by atoms with van der Waals surface area (Å²) in [6.45, 7) is 1.59. The smallest absolute Gasteiger partial charge is 0.186 e. The molecule has 0 spiro atoms. The van der Waals surface area contributed by atoms with Crippen LogP contribution in [0.5, 0.6) is 0 Å². The molecule has 1 aliphatic rings. The normalized spacial score (nSPS) is 27.4. The molecule has 3 aromatic rings. The second kappa shape index (κ2) is 10.4. The molecule has 1 saturated heterocycles. The Morgan fingerprint density at radius 1 is 0.794 bits per heavy atom. The van der Waals surface area contributed by atoms with Crippen LogP contribution in [0.3, 0.4) is 0 Å². The van der Waals surface area contributed by atoms with Crippen LogP contribution in [0.25, 0.3) is 0 Å². The van der Waals surface area contributed by atoms with Crippen molar-refractivity contribution in [3.63, 3.8) is 0 Å². The monoisotopic (exact) mass is 464 g/mol. The summed E-state index contributed by atoms with van der Waals surface area (Å²) >= 11 is 0. The van der Waals surface area contributed by atoms with E-state index in [1.807, 2.05) is 91.0 Å². The first-order chi connectivity index (χ1) is 16.4. The summed E-state index contributed by atoms with van der Waals surface area (Å²) in [6, 6.07) is 29.9. The minimum atomic E-state index is -1.53. The molecule has 0 bridgehead atoms. The largest absolute Gasteiger partial charge is 0.385 e. The number of hydrogen-bond acceptors (Lipinski definition) is 6. The quantitative estimate of drug-likeness (QED) is 0.497. The number of hydrogen-bond donors (Lipinski definition) is 2. The molecule has 4 rings (SSSR count). The number of rotatable bonds is 8. The van der Waals surface area contributed by atoms with E-state index >= 15 is 0 Å². The highest BCUT2D eigenvalue weighted by Crippen LogP contribution is 2.42. The van der Waals surface area contributed by atoms with Gasteiger partial charge >= 0.3 is 0 Å². The molecule has 0 aromatic heterocycles.